The molecule has 8 heteroatoms. The molecule has 152 valence electrons. The molecule has 0 saturated heterocycles. The van der Waals surface area contributed by atoms with Crippen molar-refractivity contribution >= 4 is 28.6 Å². The van der Waals surface area contributed by atoms with Gasteiger partial charge in [-0.25, -0.2) is 13.8 Å². The molecule has 2 N–H and O–H groups in total. The molecule has 0 aliphatic rings. The van der Waals surface area contributed by atoms with Gasteiger partial charge in [-0.1, -0.05) is 42.4 Å². The predicted molar refractivity (Wildman–Crippen MR) is 110 cm³/mol. The number of thioether (sulfide) groups is 1. The van der Waals surface area contributed by atoms with Crippen LogP contribution < -0.4 is 11.3 Å². The van der Waals surface area contributed by atoms with E-state index in [0.717, 1.165) is 12.5 Å². The summed E-state index contributed by atoms with van der Waals surface area (Å²) in [6.07, 6.45) is 2.38. The fourth-order valence-corrected chi connectivity index (χ4v) is 4.00. The molecule has 29 heavy (non-hydrogen) atoms. The van der Waals surface area contributed by atoms with Gasteiger partial charge in [0.1, 0.15) is 0 Å². The molecule has 3 rings (SSSR count). The Morgan fingerprint density at radius 2 is 1.86 bits per heavy atom. The van der Waals surface area contributed by atoms with Gasteiger partial charge in [0.05, 0.1) is 10.9 Å². The summed E-state index contributed by atoms with van der Waals surface area (Å²) in [5.41, 5.74) is 5.75. The van der Waals surface area contributed by atoms with Crippen LogP contribution in [0.25, 0.3) is 10.9 Å². The zero-order valence-corrected chi connectivity index (χ0v) is 16.6. The van der Waals surface area contributed by atoms with Crippen LogP contribution in [0.4, 0.5) is 8.78 Å². The second-order valence-corrected chi connectivity index (χ2v) is 7.59. The van der Waals surface area contributed by atoms with Crippen molar-refractivity contribution < 1.29 is 13.6 Å². The first kappa shape index (κ1) is 21.0. The molecule has 1 amide bonds. The smallest absolute Gasteiger partial charge is 0.262 e. The van der Waals surface area contributed by atoms with Crippen LogP contribution in [0, 0.1) is 11.6 Å². The van der Waals surface area contributed by atoms with Crippen LogP contribution in [0.1, 0.15) is 31.2 Å². The SMILES string of the molecule is NC(=O)CCCCCn1c(SCc2cccc(F)c2F)nc2ccccc2c1=O. The van der Waals surface area contributed by atoms with E-state index in [9.17, 15) is 18.4 Å². The number of hydrogen-bond acceptors (Lipinski definition) is 4. The lowest BCUT2D eigenvalue weighted by molar-refractivity contribution is -0.118. The van der Waals surface area contributed by atoms with E-state index in [-0.39, 0.29) is 22.8 Å². The topological polar surface area (TPSA) is 78.0 Å². The number of halogens is 2. The summed E-state index contributed by atoms with van der Waals surface area (Å²) in [6.45, 7) is 0.420. The van der Waals surface area contributed by atoms with E-state index in [1.165, 1.54) is 23.9 Å². The second kappa shape index (κ2) is 9.65. The van der Waals surface area contributed by atoms with Crippen LogP contribution in [-0.4, -0.2) is 15.5 Å². The second-order valence-electron chi connectivity index (χ2n) is 6.65. The highest BCUT2D eigenvalue weighted by molar-refractivity contribution is 7.98. The molecule has 0 aliphatic heterocycles. The maximum Gasteiger partial charge on any atom is 0.262 e. The van der Waals surface area contributed by atoms with Crippen molar-refractivity contribution in [3.8, 4) is 0 Å². The zero-order chi connectivity index (χ0) is 20.8. The van der Waals surface area contributed by atoms with Gasteiger partial charge >= 0.3 is 0 Å². The van der Waals surface area contributed by atoms with E-state index >= 15 is 0 Å². The third kappa shape index (κ3) is 5.20. The molecule has 0 spiro atoms. The quantitative estimate of drug-likeness (QED) is 0.324. The highest BCUT2D eigenvalue weighted by Crippen LogP contribution is 2.24. The van der Waals surface area contributed by atoms with Gasteiger partial charge in [-0.2, -0.15) is 0 Å². The maximum atomic E-state index is 14.0. The van der Waals surface area contributed by atoms with E-state index < -0.39 is 11.6 Å². The normalized spacial score (nSPS) is 11.1. The minimum atomic E-state index is -0.901. The standard InChI is InChI=1S/C21H21F2N3O2S/c22-16-9-6-7-14(19(16)23)13-29-21-25-17-10-4-3-8-15(17)20(28)26(21)12-5-1-2-11-18(24)27/h3-4,6-10H,1-2,5,11-13H2,(H2,24,27). The molecule has 1 heterocycles. The van der Waals surface area contributed by atoms with E-state index in [1.807, 2.05) is 0 Å². The molecular formula is C21H21F2N3O2S. The van der Waals surface area contributed by atoms with Crippen molar-refractivity contribution in [2.24, 2.45) is 5.73 Å². The number of unbranched alkanes of at least 4 members (excludes halogenated alkanes) is 2. The number of benzene rings is 2. The highest BCUT2D eigenvalue weighted by Gasteiger charge is 2.14. The van der Waals surface area contributed by atoms with E-state index in [1.54, 1.807) is 28.8 Å². The Morgan fingerprint density at radius 1 is 1.07 bits per heavy atom. The lowest BCUT2D eigenvalue weighted by Gasteiger charge is -2.13. The molecule has 0 fully saturated rings. The van der Waals surface area contributed by atoms with Crippen LogP contribution in [0.15, 0.2) is 52.4 Å². The van der Waals surface area contributed by atoms with Gasteiger partial charge in [0.25, 0.3) is 5.56 Å². The van der Waals surface area contributed by atoms with Crippen LogP contribution in [0.2, 0.25) is 0 Å². The molecule has 0 unspecified atom stereocenters. The Morgan fingerprint density at radius 3 is 2.66 bits per heavy atom. The van der Waals surface area contributed by atoms with Crippen LogP contribution in [0.3, 0.4) is 0 Å². The van der Waals surface area contributed by atoms with Crippen molar-refractivity contribution in [3.63, 3.8) is 0 Å². The highest BCUT2D eigenvalue weighted by atomic mass is 32.2. The van der Waals surface area contributed by atoms with Crippen LogP contribution in [0.5, 0.6) is 0 Å². The fourth-order valence-electron chi connectivity index (χ4n) is 3.00. The van der Waals surface area contributed by atoms with Gasteiger partial charge in [0.15, 0.2) is 16.8 Å². The summed E-state index contributed by atoms with van der Waals surface area (Å²) < 4.78 is 29.0. The van der Waals surface area contributed by atoms with Crippen molar-refractivity contribution in [3.05, 3.63) is 70.0 Å². The third-order valence-electron chi connectivity index (χ3n) is 4.52. The Kier molecular flexibility index (Phi) is 6.98. The Balaban J connectivity index is 1.84. The lowest BCUT2D eigenvalue weighted by Crippen LogP contribution is -2.23. The van der Waals surface area contributed by atoms with Crippen molar-refractivity contribution in [1.82, 2.24) is 9.55 Å². The number of fused-ring (bicyclic) bond motifs is 1. The lowest BCUT2D eigenvalue weighted by atomic mass is 10.2. The Labute approximate surface area is 170 Å². The molecule has 0 radical (unpaired) electrons. The number of carbonyl (C=O) groups is 1. The zero-order valence-electron chi connectivity index (χ0n) is 15.7. The minimum absolute atomic E-state index is 0.149. The summed E-state index contributed by atoms with van der Waals surface area (Å²) in [7, 11) is 0. The molecule has 0 atom stereocenters. The summed E-state index contributed by atoms with van der Waals surface area (Å²) in [5.74, 6) is -1.98. The molecule has 2 aromatic carbocycles. The number of nitrogens with two attached hydrogens (primary N) is 1. The number of rotatable bonds is 9. The van der Waals surface area contributed by atoms with Gasteiger partial charge in [0.2, 0.25) is 5.91 Å². The van der Waals surface area contributed by atoms with E-state index in [4.69, 9.17) is 5.73 Å². The average molecular weight is 417 g/mol. The van der Waals surface area contributed by atoms with Crippen LogP contribution in [-0.2, 0) is 17.1 Å². The van der Waals surface area contributed by atoms with Gasteiger partial charge < -0.3 is 5.73 Å². The predicted octanol–water partition coefficient (Wildman–Crippen LogP) is 4.01. The summed E-state index contributed by atoms with van der Waals surface area (Å²) in [6, 6.07) is 11.1. The first-order chi connectivity index (χ1) is 14.0. The number of amides is 1. The molecule has 0 bridgehead atoms. The number of para-hydroxylation sites is 1. The third-order valence-corrected chi connectivity index (χ3v) is 5.55. The van der Waals surface area contributed by atoms with Gasteiger partial charge in [-0.15, -0.1) is 0 Å². The van der Waals surface area contributed by atoms with E-state index in [0.29, 0.717) is 41.9 Å². The first-order valence-electron chi connectivity index (χ1n) is 9.31. The largest absolute Gasteiger partial charge is 0.370 e. The number of carbonyl (C=O) groups excluding carboxylic acids is 1. The van der Waals surface area contributed by atoms with Crippen molar-refractivity contribution in [1.29, 1.82) is 0 Å². The van der Waals surface area contributed by atoms with Gasteiger partial charge in [-0.3, -0.25) is 14.2 Å². The van der Waals surface area contributed by atoms with Crippen molar-refractivity contribution in [2.45, 2.75) is 43.1 Å². The monoisotopic (exact) mass is 417 g/mol. The molecule has 3 aromatic rings. The summed E-state index contributed by atoms with van der Waals surface area (Å²) in [4.78, 5) is 28.4. The van der Waals surface area contributed by atoms with Crippen LogP contribution >= 0.6 is 11.8 Å². The molecule has 1 aromatic heterocycles. The number of hydrogen-bond donors (Lipinski definition) is 1. The first-order valence-corrected chi connectivity index (χ1v) is 10.3. The molecule has 0 aliphatic carbocycles. The van der Waals surface area contributed by atoms with E-state index in [2.05, 4.69) is 4.98 Å². The Hall–Kier alpha value is -2.74. The maximum absolute atomic E-state index is 14.0. The molecular weight excluding hydrogens is 396 g/mol. The number of primary amides is 1. The minimum Gasteiger partial charge on any atom is -0.370 e. The summed E-state index contributed by atoms with van der Waals surface area (Å²) in [5, 5.41) is 0.957. The molecule has 0 saturated carbocycles. The Bertz CT molecular complexity index is 1090. The number of aromatic nitrogens is 2. The number of nitrogens with zero attached hydrogens (tertiary/aromatic N) is 2. The fraction of sp³-hybridized carbons (Fsp3) is 0.286. The average Bonchev–Trinajstić information content (AvgIpc) is 2.70. The van der Waals surface area contributed by atoms with Gasteiger partial charge in [0, 0.05) is 24.3 Å². The summed E-state index contributed by atoms with van der Waals surface area (Å²) >= 11 is 1.19. The van der Waals surface area contributed by atoms with Crippen molar-refractivity contribution in [2.75, 3.05) is 0 Å². The van der Waals surface area contributed by atoms with Gasteiger partial charge in [-0.05, 0) is 31.0 Å². The molecule has 5 nitrogen and oxygen atoms in total.